The SMILES string of the molecule is O=C(O)C1CSCN1S(=O)(=O)c1ccccc1F. The van der Waals surface area contributed by atoms with Crippen molar-refractivity contribution in [1.29, 1.82) is 0 Å². The lowest BCUT2D eigenvalue weighted by Crippen LogP contribution is -2.41. The van der Waals surface area contributed by atoms with Crippen molar-refractivity contribution in [2.24, 2.45) is 0 Å². The fourth-order valence-corrected chi connectivity index (χ4v) is 4.84. The summed E-state index contributed by atoms with van der Waals surface area (Å²) in [5, 5.41) is 8.95. The van der Waals surface area contributed by atoms with Crippen molar-refractivity contribution in [2.75, 3.05) is 11.6 Å². The largest absolute Gasteiger partial charge is 0.480 e. The van der Waals surface area contributed by atoms with Crippen molar-refractivity contribution in [1.82, 2.24) is 4.31 Å². The lowest BCUT2D eigenvalue weighted by Gasteiger charge is -2.20. The van der Waals surface area contributed by atoms with E-state index >= 15 is 0 Å². The molecule has 1 heterocycles. The van der Waals surface area contributed by atoms with Gasteiger partial charge in [0.15, 0.2) is 0 Å². The molecular weight excluding hydrogens is 281 g/mol. The van der Waals surface area contributed by atoms with E-state index in [0.29, 0.717) is 0 Å². The Morgan fingerprint density at radius 1 is 1.44 bits per heavy atom. The van der Waals surface area contributed by atoms with Gasteiger partial charge in [-0.25, -0.2) is 12.8 Å². The molecule has 0 radical (unpaired) electrons. The van der Waals surface area contributed by atoms with Gasteiger partial charge in [0.05, 0.1) is 5.88 Å². The first-order valence-corrected chi connectivity index (χ1v) is 7.61. The summed E-state index contributed by atoms with van der Waals surface area (Å²) in [5.41, 5.74) is 0. The molecule has 1 aromatic carbocycles. The molecule has 1 saturated heterocycles. The van der Waals surface area contributed by atoms with E-state index in [0.717, 1.165) is 16.4 Å². The van der Waals surface area contributed by atoms with Gasteiger partial charge in [-0.15, -0.1) is 11.8 Å². The number of nitrogens with zero attached hydrogens (tertiary/aromatic N) is 1. The zero-order valence-electron chi connectivity index (χ0n) is 9.11. The fraction of sp³-hybridized carbons (Fsp3) is 0.300. The van der Waals surface area contributed by atoms with Gasteiger partial charge < -0.3 is 5.11 Å². The van der Waals surface area contributed by atoms with Crippen molar-refractivity contribution < 1.29 is 22.7 Å². The molecule has 1 unspecified atom stereocenters. The molecule has 0 amide bonds. The summed E-state index contributed by atoms with van der Waals surface area (Å²) in [6.45, 7) is 0. The summed E-state index contributed by atoms with van der Waals surface area (Å²) in [5.74, 6) is -1.91. The number of aliphatic carboxylic acids is 1. The zero-order chi connectivity index (χ0) is 13.3. The number of rotatable bonds is 3. The monoisotopic (exact) mass is 291 g/mol. The van der Waals surface area contributed by atoms with Gasteiger partial charge in [-0.05, 0) is 12.1 Å². The predicted molar refractivity (Wildman–Crippen MR) is 64.2 cm³/mol. The third-order valence-electron chi connectivity index (χ3n) is 2.55. The molecule has 1 aliphatic heterocycles. The Labute approximate surface area is 108 Å². The molecule has 1 fully saturated rings. The van der Waals surface area contributed by atoms with Crippen LogP contribution in [0.1, 0.15) is 0 Å². The number of carboxylic acids is 1. The molecule has 1 aliphatic rings. The minimum atomic E-state index is -4.11. The van der Waals surface area contributed by atoms with Crippen LogP contribution in [0.3, 0.4) is 0 Å². The number of carbonyl (C=O) groups is 1. The smallest absolute Gasteiger partial charge is 0.322 e. The van der Waals surface area contributed by atoms with Gasteiger partial charge in [-0.3, -0.25) is 4.79 Å². The molecule has 0 saturated carbocycles. The Hall–Kier alpha value is -1.12. The molecule has 0 aliphatic carbocycles. The van der Waals surface area contributed by atoms with Crippen LogP contribution in [0.25, 0.3) is 0 Å². The van der Waals surface area contributed by atoms with Crippen molar-refractivity contribution in [3.63, 3.8) is 0 Å². The molecule has 18 heavy (non-hydrogen) atoms. The van der Waals surface area contributed by atoms with Gasteiger partial charge in [-0.1, -0.05) is 12.1 Å². The number of benzene rings is 1. The minimum absolute atomic E-state index is 0.0215. The van der Waals surface area contributed by atoms with Crippen LogP contribution < -0.4 is 0 Å². The average molecular weight is 291 g/mol. The van der Waals surface area contributed by atoms with Crippen molar-refractivity contribution in [3.8, 4) is 0 Å². The Morgan fingerprint density at radius 2 is 2.11 bits per heavy atom. The van der Waals surface area contributed by atoms with E-state index in [4.69, 9.17) is 5.11 Å². The molecule has 2 rings (SSSR count). The third kappa shape index (κ3) is 2.23. The summed E-state index contributed by atoms with van der Waals surface area (Å²) < 4.78 is 38.7. The molecular formula is C10H10FNO4S2. The topological polar surface area (TPSA) is 74.7 Å². The number of hydrogen-bond donors (Lipinski definition) is 1. The predicted octanol–water partition coefficient (Wildman–Crippen LogP) is 0.974. The molecule has 8 heteroatoms. The van der Waals surface area contributed by atoms with E-state index in [2.05, 4.69) is 0 Å². The lowest BCUT2D eigenvalue weighted by atomic mass is 10.3. The maximum absolute atomic E-state index is 13.5. The number of thioether (sulfide) groups is 1. The number of halogens is 1. The van der Waals surface area contributed by atoms with Crippen molar-refractivity contribution in [3.05, 3.63) is 30.1 Å². The molecule has 1 aromatic rings. The number of hydrogen-bond acceptors (Lipinski definition) is 4. The maximum atomic E-state index is 13.5. The first-order chi connectivity index (χ1) is 8.44. The second-order valence-corrected chi connectivity index (χ2v) is 6.54. The van der Waals surface area contributed by atoms with E-state index in [1.807, 2.05) is 0 Å². The van der Waals surface area contributed by atoms with Crippen LogP contribution in [0.5, 0.6) is 0 Å². The van der Waals surface area contributed by atoms with Crippen LogP contribution >= 0.6 is 11.8 Å². The minimum Gasteiger partial charge on any atom is -0.480 e. The summed E-state index contributed by atoms with van der Waals surface area (Å²) in [6, 6.07) is 3.80. The van der Waals surface area contributed by atoms with Gasteiger partial charge in [0, 0.05) is 5.75 Å². The highest BCUT2D eigenvalue weighted by Crippen LogP contribution is 2.29. The fourth-order valence-electron chi connectivity index (χ4n) is 1.64. The second kappa shape index (κ2) is 4.87. The molecule has 0 aromatic heterocycles. The van der Waals surface area contributed by atoms with Crippen molar-refractivity contribution in [2.45, 2.75) is 10.9 Å². The van der Waals surface area contributed by atoms with E-state index < -0.39 is 32.7 Å². The molecule has 5 nitrogen and oxygen atoms in total. The summed E-state index contributed by atoms with van der Waals surface area (Å²) >= 11 is 1.19. The molecule has 98 valence electrons. The molecule has 1 N–H and O–H groups in total. The van der Waals surface area contributed by atoms with Crippen molar-refractivity contribution >= 4 is 27.8 Å². The van der Waals surface area contributed by atoms with E-state index in [9.17, 15) is 17.6 Å². The highest BCUT2D eigenvalue weighted by Gasteiger charge is 2.40. The molecule has 0 spiro atoms. The Kier molecular flexibility index (Phi) is 3.60. The number of sulfonamides is 1. The van der Waals surface area contributed by atoms with Crippen LogP contribution in [0.4, 0.5) is 4.39 Å². The first kappa shape index (κ1) is 13.3. The van der Waals surface area contributed by atoms with Gasteiger partial charge in [0.1, 0.15) is 16.8 Å². The summed E-state index contributed by atoms with van der Waals surface area (Å²) in [6.07, 6.45) is 0. The standard InChI is InChI=1S/C10H10FNO4S2/c11-7-3-1-2-4-9(7)18(15,16)12-6-17-5-8(12)10(13)14/h1-4,8H,5-6H2,(H,13,14). The maximum Gasteiger partial charge on any atom is 0.322 e. The average Bonchev–Trinajstić information content (AvgIpc) is 2.78. The molecule has 1 atom stereocenters. The highest BCUT2D eigenvalue weighted by atomic mass is 32.2. The summed E-state index contributed by atoms with van der Waals surface area (Å²) in [7, 11) is -4.11. The third-order valence-corrected chi connectivity index (χ3v) is 5.61. The number of carboxylic acid groups (broad SMARTS) is 1. The Morgan fingerprint density at radius 3 is 2.72 bits per heavy atom. The summed E-state index contributed by atoms with van der Waals surface area (Å²) in [4.78, 5) is 10.5. The van der Waals surface area contributed by atoms with Gasteiger partial charge in [0.25, 0.3) is 0 Å². The van der Waals surface area contributed by atoms with Gasteiger partial charge in [-0.2, -0.15) is 4.31 Å². The lowest BCUT2D eigenvalue weighted by molar-refractivity contribution is -0.140. The molecule has 0 bridgehead atoms. The first-order valence-electron chi connectivity index (χ1n) is 5.01. The van der Waals surface area contributed by atoms with Crippen LogP contribution in [0, 0.1) is 5.82 Å². The van der Waals surface area contributed by atoms with E-state index in [-0.39, 0.29) is 11.6 Å². The van der Waals surface area contributed by atoms with E-state index in [1.54, 1.807) is 0 Å². The quantitative estimate of drug-likeness (QED) is 0.898. The second-order valence-electron chi connectivity index (χ2n) is 3.68. The van der Waals surface area contributed by atoms with Crippen LogP contribution in [-0.2, 0) is 14.8 Å². The zero-order valence-corrected chi connectivity index (χ0v) is 10.7. The highest BCUT2D eigenvalue weighted by molar-refractivity contribution is 8.00. The van der Waals surface area contributed by atoms with Gasteiger partial charge in [0.2, 0.25) is 10.0 Å². The van der Waals surface area contributed by atoms with E-state index in [1.165, 1.54) is 23.9 Å². The van der Waals surface area contributed by atoms with Crippen LogP contribution in [0.2, 0.25) is 0 Å². The Balaban J connectivity index is 2.43. The van der Waals surface area contributed by atoms with Gasteiger partial charge >= 0.3 is 5.97 Å². The Bertz CT molecular complexity index is 575. The van der Waals surface area contributed by atoms with Crippen LogP contribution in [0.15, 0.2) is 29.2 Å². The van der Waals surface area contributed by atoms with Crippen LogP contribution in [-0.4, -0.2) is 41.5 Å². The normalized spacial score (nSPS) is 21.1.